The molecule has 3 N–H and O–H groups in total. The zero-order valence-electron chi connectivity index (χ0n) is 24.1. The molecule has 0 bridgehead atoms. The molecule has 2 heterocycles. The molecule has 4 atom stereocenters. The van der Waals surface area contributed by atoms with Crippen LogP contribution in [0.15, 0.2) is 18.2 Å². The Labute approximate surface area is 233 Å². The zero-order chi connectivity index (χ0) is 28.3. The van der Waals surface area contributed by atoms with E-state index in [9.17, 15) is 19.2 Å². The lowest BCUT2D eigenvalue weighted by Crippen LogP contribution is -2.56. The minimum absolute atomic E-state index is 0.0289. The minimum Gasteiger partial charge on any atom is -0.369 e. The Morgan fingerprint density at radius 1 is 1.08 bits per heavy atom. The van der Waals surface area contributed by atoms with E-state index in [1.165, 1.54) is 6.42 Å². The quantitative estimate of drug-likeness (QED) is 0.473. The standard InChI is InChI=1S/C31H46N4O4/c1-5-10-23(28(32)36)24(17-19(2)3)29(37)33-25-16-15-20-11-9-12-21-18-26(35(27(20)21)30(25)38)31(39)34(4)22-13-7-6-8-14-22/h9,11-12,19,22-26H,5-8,10,13-18H2,1-4H3,(H2,32,36)(H,33,37). The molecule has 8 heteroatoms. The summed E-state index contributed by atoms with van der Waals surface area (Å²) in [6.07, 6.45) is 8.78. The molecule has 1 aromatic carbocycles. The molecule has 1 fully saturated rings. The van der Waals surface area contributed by atoms with Crippen LogP contribution in [0.3, 0.4) is 0 Å². The molecule has 0 aromatic heterocycles. The van der Waals surface area contributed by atoms with Gasteiger partial charge >= 0.3 is 0 Å². The first-order valence-electron chi connectivity index (χ1n) is 14.9. The van der Waals surface area contributed by atoms with Gasteiger partial charge in [-0.3, -0.25) is 24.1 Å². The third-order valence-electron chi connectivity index (χ3n) is 8.99. The van der Waals surface area contributed by atoms with E-state index in [0.717, 1.165) is 48.9 Å². The summed E-state index contributed by atoms with van der Waals surface area (Å²) in [4.78, 5) is 57.5. The molecule has 1 aromatic rings. The number of hydrogen-bond donors (Lipinski definition) is 2. The second-order valence-electron chi connectivity index (χ2n) is 12.2. The molecule has 1 saturated carbocycles. The fourth-order valence-corrected chi connectivity index (χ4v) is 6.94. The van der Waals surface area contributed by atoms with Crippen molar-refractivity contribution in [2.75, 3.05) is 11.9 Å². The highest BCUT2D eigenvalue weighted by atomic mass is 16.2. The fourth-order valence-electron chi connectivity index (χ4n) is 6.94. The van der Waals surface area contributed by atoms with E-state index in [2.05, 4.69) is 5.32 Å². The van der Waals surface area contributed by atoms with Crippen molar-refractivity contribution in [1.29, 1.82) is 0 Å². The molecule has 0 spiro atoms. The summed E-state index contributed by atoms with van der Waals surface area (Å²) in [5.41, 5.74) is 8.62. The molecule has 4 unspecified atom stereocenters. The van der Waals surface area contributed by atoms with Crippen LogP contribution in [0.5, 0.6) is 0 Å². The van der Waals surface area contributed by atoms with Gasteiger partial charge in [0, 0.05) is 31.3 Å². The van der Waals surface area contributed by atoms with E-state index in [4.69, 9.17) is 5.73 Å². The van der Waals surface area contributed by atoms with Gasteiger partial charge in [0.15, 0.2) is 0 Å². The van der Waals surface area contributed by atoms with E-state index in [1.54, 1.807) is 4.90 Å². The predicted octanol–water partition coefficient (Wildman–Crippen LogP) is 3.73. The fraction of sp³-hybridized carbons (Fsp3) is 0.677. The molecule has 0 radical (unpaired) electrons. The van der Waals surface area contributed by atoms with Gasteiger partial charge in [-0.05, 0) is 55.6 Å². The van der Waals surface area contributed by atoms with Gasteiger partial charge in [0.1, 0.15) is 12.1 Å². The van der Waals surface area contributed by atoms with Crippen LogP contribution in [0.25, 0.3) is 0 Å². The highest BCUT2D eigenvalue weighted by Crippen LogP contribution is 2.40. The molecule has 4 rings (SSSR count). The summed E-state index contributed by atoms with van der Waals surface area (Å²) < 4.78 is 0. The maximum absolute atomic E-state index is 14.1. The topological polar surface area (TPSA) is 113 Å². The highest BCUT2D eigenvalue weighted by Gasteiger charge is 2.46. The number of carbonyl (C=O) groups excluding carboxylic acids is 4. The van der Waals surface area contributed by atoms with E-state index >= 15 is 0 Å². The Morgan fingerprint density at radius 2 is 1.77 bits per heavy atom. The Hall–Kier alpha value is -2.90. The Kier molecular flexibility index (Phi) is 9.34. The second-order valence-corrected chi connectivity index (χ2v) is 12.2. The van der Waals surface area contributed by atoms with E-state index < -0.39 is 29.8 Å². The van der Waals surface area contributed by atoms with Crippen molar-refractivity contribution in [3.8, 4) is 0 Å². The molecule has 214 valence electrons. The van der Waals surface area contributed by atoms with Crippen molar-refractivity contribution in [3.05, 3.63) is 29.3 Å². The van der Waals surface area contributed by atoms with Gasteiger partial charge in [0.25, 0.3) is 0 Å². The number of likely N-dealkylation sites (N-methyl/N-ethyl adjacent to an activating group) is 1. The van der Waals surface area contributed by atoms with Crippen molar-refractivity contribution in [2.24, 2.45) is 23.5 Å². The second kappa shape index (κ2) is 12.5. The van der Waals surface area contributed by atoms with Crippen molar-refractivity contribution in [1.82, 2.24) is 10.2 Å². The van der Waals surface area contributed by atoms with Crippen LogP contribution in [0.2, 0.25) is 0 Å². The number of carbonyl (C=O) groups is 4. The van der Waals surface area contributed by atoms with Crippen LogP contribution in [-0.4, -0.2) is 53.7 Å². The number of nitrogens with zero attached hydrogens (tertiary/aromatic N) is 2. The lowest BCUT2D eigenvalue weighted by atomic mass is 9.81. The van der Waals surface area contributed by atoms with Crippen molar-refractivity contribution >= 4 is 29.3 Å². The molecule has 2 aliphatic heterocycles. The first-order valence-corrected chi connectivity index (χ1v) is 14.9. The monoisotopic (exact) mass is 538 g/mol. The number of amides is 4. The number of hydrogen-bond acceptors (Lipinski definition) is 4. The lowest BCUT2D eigenvalue weighted by Gasteiger charge is -2.36. The van der Waals surface area contributed by atoms with Crippen LogP contribution < -0.4 is 16.0 Å². The number of nitrogens with one attached hydrogen (secondary N) is 1. The van der Waals surface area contributed by atoms with Crippen LogP contribution >= 0.6 is 0 Å². The van der Waals surface area contributed by atoms with Gasteiger partial charge in [-0.1, -0.05) is 64.7 Å². The SMILES string of the molecule is CCCC(C(N)=O)C(CC(C)C)C(=O)NC1CCc2cccc3c2N(C1=O)C(C(=O)N(C)C1CCCCC1)C3. The van der Waals surface area contributed by atoms with Gasteiger partial charge in [0.05, 0.1) is 5.69 Å². The third kappa shape index (κ3) is 6.15. The molecule has 8 nitrogen and oxygen atoms in total. The average Bonchev–Trinajstić information content (AvgIpc) is 3.25. The molecular weight excluding hydrogens is 492 g/mol. The molecule has 4 amide bonds. The maximum Gasteiger partial charge on any atom is 0.250 e. The van der Waals surface area contributed by atoms with Crippen molar-refractivity contribution in [2.45, 2.75) is 110 Å². The number of rotatable bonds is 10. The highest BCUT2D eigenvalue weighted by molar-refractivity contribution is 6.08. The Bertz CT molecular complexity index is 1080. The van der Waals surface area contributed by atoms with Gasteiger partial charge in [-0.25, -0.2) is 0 Å². The summed E-state index contributed by atoms with van der Waals surface area (Å²) in [6.45, 7) is 6.00. The number of primary amides is 1. The first-order chi connectivity index (χ1) is 18.6. The first kappa shape index (κ1) is 29.1. The number of benzene rings is 1. The molecule has 0 saturated heterocycles. The van der Waals surface area contributed by atoms with Gasteiger partial charge in [-0.2, -0.15) is 0 Å². The Balaban J connectivity index is 1.60. The summed E-state index contributed by atoms with van der Waals surface area (Å²) in [6, 6.07) is 4.85. The number of aryl methyl sites for hydroxylation is 1. The van der Waals surface area contributed by atoms with Crippen LogP contribution in [0, 0.1) is 17.8 Å². The number of nitrogens with two attached hydrogens (primary N) is 1. The van der Waals surface area contributed by atoms with Gasteiger partial charge in [0.2, 0.25) is 23.6 Å². The third-order valence-corrected chi connectivity index (χ3v) is 8.99. The van der Waals surface area contributed by atoms with Crippen LogP contribution in [0.4, 0.5) is 5.69 Å². The largest absolute Gasteiger partial charge is 0.369 e. The number of anilines is 1. The number of para-hydroxylation sites is 1. The normalized spacial score (nSPS) is 22.7. The van der Waals surface area contributed by atoms with Crippen molar-refractivity contribution in [3.63, 3.8) is 0 Å². The zero-order valence-corrected chi connectivity index (χ0v) is 24.1. The van der Waals surface area contributed by atoms with Crippen LogP contribution in [0.1, 0.15) is 89.7 Å². The summed E-state index contributed by atoms with van der Waals surface area (Å²) in [5.74, 6) is -2.02. The lowest BCUT2D eigenvalue weighted by molar-refractivity contribution is -0.137. The van der Waals surface area contributed by atoms with Crippen LogP contribution in [-0.2, 0) is 32.0 Å². The summed E-state index contributed by atoms with van der Waals surface area (Å²) in [5, 5.41) is 3.02. The van der Waals surface area contributed by atoms with E-state index in [-0.39, 0.29) is 29.7 Å². The Morgan fingerprint density at radius 3 is 2.41 bits per heavy atom. The van der Waals surface area contributed by atoms with E-state index in [1.807, 2.05) is 50.9 Å². The molecule has 1 aliphatic carbocycles. The van der Waals surface area contributed by atoms with Crippen molar-refractivity contribution < 1.29 is 19.2 Å². The summed E-state index contributed by atoms with van der Waals surface area (Å²) >= 11 is 0. The van der Waals surface area contributed by atoms with Gasteiger partial charge < -0.3 is 16.0 Å². The van der Waals surface area contributed by atoms with Gasteiger partial charge in [-0.15, -0.1) is 0 Å². The molecule has 3 aliphatic rings. The van der Waals surface area contributed by atoms with E-state index in [0.29, 0.717) is 32.1 Å². The average molecular weight is 539 g/mol. The minimum atomic E-state index is -0.768. The summed E-state index contributed by atoms with van der Waals surface area (Å²) in [7, 11) is 1.87. The molecular formula is C31H46N4O4. The smallest absolute Gasteiger partial charge is 0.250 e. The molecule has 39 heavy (non-hydrogen) atoms. The predicted molar refractivity (Wildman–Crippen MR) is 152 cm³/mol. The maximum atomic E-state index is 14.1.